The molecule has 1 aromatic carbocycles. The third-order valence-electron chi connectivity index (χ3n) is 6.11. The summed E-state index contributed by atoms with van der Waals surface area (Å²) in [6.07, 6.45) is 5.08. The van der Waals surface area contributed by atoms with Gasteiger partial charge >= 0.3 is 0 Å². The van der Waals surface area contributed by atoms with E-state index in [1.807, 2.05) is 49.1 Å². The topological polar surface area (TPSA) is 117 Å². The van der Waals surface area contributed by atoms with E-state index >= 15 is 0 Å². The summed E-state index contributed by atoms with van der Waals surface area (Å²) in [4.78, 5) is 28.1. The van der Waals surface area contributed by atoms with E-state index in [9.17, 15) is 13.2 Å². The summed E-state index contributed by atoms with van der Waals surface area (Å²) in [5, 5.41) is 2.93. The van der Waals surface area contributed by atoms with Crippen LogP contribution in [-0.4, -0.2) is 82.2 Å². The van der Waals surface area contributed by atoms with Gasteiger partial charge in [-0.15, -0.1) is 0 Å². The number of carbonyl (C=O) groups excluding carboxylic acids is 1. The fraction of sp³-hybridized carbons (Fsp3) is 0.417. The van der Waals surface area contributed by atoms with Crippen molar-refractivity contribution in [3.05, 3.63) is 65.9 Å². The number of amides is 1. The summed E-state index contributed by atoms with van der Waals surface area (Å²) in [7, 11) is -0.706. The van der Waals surface area contributed by atoms with Crippen LogP contribution in [-0.2, 0) is 21.5 Å². The Hall–Kier alpha value is -3.35. The Morgan fingerprint density at radius 2 is 1.89 bits per heavy atom. The molecule has 1 aliphatic rings. The molecule has 1 aliphatic heterocycles. The van der Waals surface area contributed by atoms with Crippen LogP contribution in [0.1, 0.15) is 23.2 Å². The Morgan fingerprint density at radius 3 is 2.56 bits per heavy atom. The standard InChI is InChI=1S/C24H32N8O3S/c1-18-5-7-20(8-6-18)15-26-23(33)14-21-16-30(11-12-32(21)36(34,35)29(3)4)22-13-19(2)27-24(28-22)31-10-9-25-17-31/h5-10,13,17,21H,11-12,14-16H2,1-4H3,(H,26,33). The fourth-order valence-corrected chi connectivity index (χ4v) is 5.36. The summed E-state index contributed by atoms with van der Waals surface area (Å²) in [5.41, 5.74) is 2.91. The van der Waals surface area contributed by atoms with Gasteiger partial charge in [-0.1, -0.05) is 29.8 Å². The van der Waals surface area contributed by atoms with Crippen molar-refractivity contribution in [2.24, 2.45) is 0 Å². The fourth-order valence-electron chi connectivity index (χ4n) is 4.11. The average Bonchev–Trinajstić information content (AvgIpc) is 3.38. The van der Waals surface area contributed by atoms with Gasteiger partial charge in [0.25, 0.3) is 10.2 Å². The molecule has 0 saturated carbocycles. The molecule has 192 valence electrons. The number of imidazole rings is 1. The minimum Gasteiger partial charge on any atom is -0.353 e. The van der Waals surface area contributed by atoms with Crippen LogP contribution in [0.25, 0.3) is 5.95 Å². The molecule has 4 rings (SSSR count). The van der Waals surface area contributed by atoms with Crippen LogP contribution >= 0.6 is 0 Å². The lowest BCUT2D eigenvalue weighted by molar-refractivity contribution is -0.122. The van der Waals surface area contributed by atoms with Crippen LogP contribution in [0.15, 0.2) is 49.1 Å². The van der Waals surface area contributed by atoms with Crippen LogP contribution in [0.2, 0.25) is 0 Å². The van der Waals surface area contributed by atoms with Gasteiger partial charge in [0, 0.05) is 70.8 Å². The molecule has 3 aromatic rings. The molecule has 1 fully saturated rings. The number of nitrogens with one attached hydrogen (secondary N) is 1. The highest BCUT2D eigenvalue weighted by molar-refractivity contribution is 7.86. The molecule has 1 amide bonds. The van der Waals surface area contributed by atoms with Crippen molar-refractivity contribution in [1.29, 1.82) is 0 Å². The largest absolute Gasteiger partial charge is 0.353 e. The van der Waals surface area contributed by atoms with E-state index in [0.29, 0.717) is 31.4 Å². The highest BCUT2D eigenvalue weighted by atomic mass is 32.2. The van der Waals surface area contributed by atoms with Crippen LogP contribution in [0, 0.1) is 13.8 Å². The molecule has 0 aliphatic carbocycles. The number of rotatable bonds is 8. The zero-order valence-corrected chi connectivity index (χ0v) is 21.8. The maximum absolute atomic E-state index is 13.1. The van der Waals surface area contributed by atoms with E-state index in [1.54, 1.807) is 23.3 Å². The molecular weight excluding hydrogens is 480 g/mol. The smallest absolute Gasteiger partial charge is 0.281 e. The van der Waals surface area contributed by atoms with Crippen LogP contribution < -0.4 is 10.2 Å². The molecule has 36 heavy (non-hydrogen) atoms. The van der Waals surface area contributed by atoms with Crippen LogP contribution in [0.5, 0.6) is 0 Å². The first kappa shape index (κ1) is 25.7. The third kappa shape index (κ3) is 5.89. The van der Waals surface area contributed by atoms with E-state index < -0.39 is 16.3 Å². The monoisotopic (exact) mass is 512 g/mol. The van der Waals surface area contributed by atoms with E-state index in [4.69, 9.17) is 0 Å². The van der Waals surface area contributed by atoms with Crippen molar-refractivity contribution in [2.75, 3.05) is 38.6 Å². The number of carbonyl (C=O) groups is 1. The Bertz CT molecular complexity index is 1290. The highest BCUT2D eigenvalue weighted by Gasteiger charge is 2.38. The molecule has 1 atom stereocenters. The molecular formula is C24H32N8O3S. The lowest BCUT2D eigenvalue weighted by atomic mass is 10.1. The van der Waals surface area contributed by atoms with Crippen molar-refractivity contribution in [3.8, 4) is 5.95 Å². The molecule has 12 heteroatoms. The molecule has 0 bridgehead atoms. The summed E-state index contributed by atoms with van der Waals surface area (Å²) in [6.45, 7) is 5.28. The van der Waals surface area contributed by atoms with Gasteiger partial charge in [0.1, 0.15) is 12.1 Å². The molecule has 1 saturated heterocycles. The Labute approximate surface area is 212 Å². The maximum atomic E-state index is 13.1. The second kappa shape index (κ2) is 10.7. The first-order valence-corrected chi connectivity index (χ1v) is 13.1. The SMILES string of the molecule is Cc1ccc(CNC(=O)CC2CN(c3cc(C)nc(-n4ccnc4)n3)CCN2S(=O)(=O)N(C)C)cc1. The zero-order chi connectivity index (χ0) is 25.9. The van der Waals surface area contributed by atoms with E-state index in [-0.39, 0.29) is 18.9 Å². The van der Waals surface area contributed by atoms with Crippen LogP contribution in [0.3, 0.4) is 0 Å². The van der Waals surface area contributed by atoms with E-state index in [2.05, 4.69) is 20.3 Å². The van der Waals surface area contributed by atoms with Gasteiger partial charge in [-0.2, -0.15) is 22.0 Å². The van der Waals surface area contributed by atoms with E-state index in [1.165, 1.54) is 22.7 Å². The average molecular weight is 513 g/mol. The molecule has 2 aromatic heterocycles. The zero-order valence-electron chi connectivity index (χ0n) is 21.0. The number of hydrogen-bond donors (Lipinski definition) is 1. The number of benzene rings is 1. The van der Waals surface area contributed by atoms with Crippen molar-refractivity contribution < 1.29 is 13.2 Å². The predicted molar refractivity (Wildman–Crippen MR) is 137 cm³/mol. The molecule has 1 unspecified atom stereocenters. The quantitative estimate of drug-likeness (QED) is 0.483. The van der Waals surface area contributed by atoms with Gasteiger partial charge in [-0.3, -0.25) is 9.36 Å². The third-order valence-corrected chi connectivity index (χ3v) is 8.10. The number of nitrogens with zero attached hydrogens (tertiary/aromatic N) is 7. The molecule has 3 heterocycles. The number of aryl methyl sites for hydroxylation is 2. The number of anilines is 1. The molecule has 1 N–H and O–H groups in total. The number of piperazine rings is 1. The van der Waals surface area contributed by atoms with Crippen molar-refractivity contribution in [1.82, 2.24) is 33.4 Å². The number of hydrogen-bond acceptors (Lipinski definition) is 7. The lowest BCUT2D eigenvalue weighted by Crippen LogP contribution is -2.58. The van der Waals surface area contributed by atoms with Crippen molar-refractivity contribution in [3.63, 3.8) is 0 Å². The van der Waals surface area contributed by atoms with E-state index in [0.717, 1.165) is 16.8 Å². The first-order chi connectivity index (χ1) is 17.1. The summed E-state index contributed by atoms with van der Waals surface area (Å²) < 4.78 is 30.4. The van der Waals surface area contributed by atoms with Gasteiger partial charge < -0.3 is 10.2 Å². The van der Waals surface area contributed by atoms with Gasteiger partial charge in [0.2, 0.25) is 11.9 Å². The minimum absolute atomic E-state index is 0.0356. The summed E-state index contributed by atoms with van der Waals surface area (Å²) >= 11 is 0. The van der Waals surface area contributed by atoms with Crippen LogP contribution in [0.4, 0.5) is 5.82 Å². The maximum Gasteiger partial charge on any atom is 0.281 e. The van der Waals surface area contributed by atoms with Gasteiger partial charge in [-0.25, -0.2) is 9.97 Å². The Morgan fingerprint density at radius 1 is 1.14 bits per heavy atom. The molecule has 11 nitrogen and oxygen atoms in total. The first-order valence-electron chi connectivity index (χ1n) is 11.7. The summed E-state index contributed by atoms with van der Waals surface area (Å²) in [5.74, 6) is 0.954. The van der Waals surface area contributed by atoms with Gasteiger partial charge in [0.05, 0.1) is 6.04 Å². The normalized spacial score (nSPS) is 16.9. The summed E-state index contributed by atoms with van der Waals surface area (Å²) in [6, 6.07) is 9.23. The molecule has 0 spiro atoms. The van der Waals surface area contributed by atoms with Gasteiger partial charge in [-0.05, 0) is 19.4 Å². The second-order valence-electron chi connectivity index (χ2n) is 9.10. The minimum atomic E-state index is -3.71. The second-order valence-corrected chi connectivity index (χ2v) is 11.2. The molecule has 0 radical (unpaired) electrons. The highest BCUT2D eigenvalue weighted by Crippen LogP contribution is 2.23. The Balaban J connectivity index is 1.53. The predicted octanol–water partition coefficient (Wildman–Crippen LogP) is 1.28. The lowest BCUT2D eigenvalue weighted by Gasteiger charge is -2.41. The van der Waals surface area contributed by atoms with Crippen molar-refractivity contribution >= 4 is 21.9 Å². The van der Waals surface area contributed by atoms with Gasteiger partial charge in [0.15, 0.2) is 0 Å². The van der Waals surface area contributed by atoms with Crippen molar-refractivity contribution in [2.45, 2.75) is 32.9 Å². The number of aromatic nitrogens is 4. The Kier molecular flexibility index (Phi) is 7.67.